The average Bonchev–Trinajstić information content (AvgIpc) is 2.29. The minimum Gasteiger partial charge on any atom is -0.492 e. The Morgan fingerprint density at radius 1 is 1.50 bits per heavy atom. The first-order valence-electron chi connectivity index (χ1n) is 5.31. The van der Waals surface area contributed by atoms with E-state index in [0.717, 1.165) is 4.31 Å². The lowest BCUT2D eigenvalue weighted by molar-refractivity contribution is 0.338. The molecule has 0 aliphatic rings. The second kappa shape index (κ2) is 6.28. The topological polar surface area (TPSA) is 72.6 Å². The highest BCUT2D eigenvalue weighted by atomic mass is 32.2. The molecule has 0 atom stereocenters. The quantitative estimate of drug-likeness (QED) is 0.604. The molecule has 0 aromatic heterocycles. The molecule has 0 fully saturated rings. The summed E-state index contributed by atoms with van der Waals surface area (Å²) in [4.78, 5) is 0. The first kappa shape index (κ1) is 14.4. The van der Waals surface area contributed by atoms with E-state index < -0.39 is 10.0 Å². The number of sulfonamides is 1. The number of hydrogen-bond donors (Lipinski definition) is 1. The zero-order valence-electron chi connectivity index (χ0n) is 10.2. The number of hydrogen-bond acceptors (Lipinski definition) is 4. The number of benzene rings is 1. The van der Waals surface area contributed by atoms with Crippen molar-refractivity contribution < 1.29 is 13.2 Å². The fourth-order valence-electron chi connectivity index (χ4n) is 1.25. The zero-order valence-corrected chi connectivity index (χ0v) is 11.0. The summed E-state index contributed by atoms with van der Waals surface area (Å²) in [5.74, 6) is 2.70. The van der Waals surface area contributed by atoms with Gasteiger partial charge in [-0.1, -0.05) is 12.0 Å². The highest BCUT2D eigenvalue weighted by Gasteiger charge is 2.16. The van der Waals surface area contributed by atoms with Gasteiger partial charge in [0.2, 0.25) is 10.0 Å². The van der Waals surface area contributed by atoms with Crippen LogP contribution in [0.3, 0.4) is 0 Å². The molecule has 1 aromatic carbocycles. The van der Waals surface area contributed by atoms with E-state index in [1.807, 2.05) is 0 Å². The highest BCUT2D eigenvalue weighted by Crippen LogP contribution is 2.14. The number of nitrogens with two attached hydrogens (primary N) is 1. The molecule has 1 rings (SSSR count). The number of nitrogens with zero attached hydrogens (tertiary/aromatic N) is 1. The Labute approximate surface area is 108 Å². The van der Waals surface area contributed by atoms with Crippen molar-refractivity contribution in [3.63, 3.8) is 0 Å². The summed E-state index contributed by atoms with van der Waals surface area (Å²) in [5.41, 5.74) is 6.14. The number of ether oxygens (including phenoxy) is 1. The summed E-state index contributed by atoms with van der Waals surface area (Å²) >= 11 is 0. The van der Waals surface area contributed by atoms with E-state index in [4.69, 9.17) is 16.9 Å². The standard InChI is InChI=1S/C12H16N2O3S/c1-3-7-14(2)18(15,16)9-8-17-12-6-4-5-11(13)10-12/h1,4-6,10H,7-9,13H2,2H3. The van der Waals surface area contributed by atoms with Gasteiger partial charge in [0.05, 0.1) is 12.3 Å². The van der Waals surface area contributed by atoms with E-state index in [1.165, 1.54) is 7.05 Å². The van der Waals surface area contributed by atoms with Crippen molar-refractivity contribution in [2.24, 2.45) is 0 Å². The summed E-state index contributed by atoms with van der Waals surface area (Å²) in [6.45, 7) is 0.112. The largest absolute Gasteiger partial charge is 0.492 e. The molecule has 0 heterocycles. The molecule has 5 nitrogen and oxygen atoms in total. The minimum absolute atomic E-state index is 0.0562. The Hall–Kier alpha value is -1.71. The molecule has 0 aliphatic carbocycles. The van der Waals surface area contributed by atoms with Crippen molar-refractivity contribution in [2.45, 2.75) is 0 Å². The number of anilines is 1. The van der Waals surface area contributed by atoms with Crippen molar-refractivity contribution in [1.82, 2.24) is 4.31 Å². The van der Waals surface area contributed by atoms with Crippen LogP contribution in [0.1, 0.15) is 0 Å². The number of terminal acetylenes is 1. The summed E-state index contributed by atoms with van der Waals surface area (Å²) in [6.07, 6.45) is 5.06. The lowest BCUT2D eigenvalue weighted by atomic mass is 10.3. The maximum atomic E-state index is 11.7. The molecule has 0 aliphatic heterocycles. The maximum absolute atomic E-state index is 11.7. The monoisotopic (exact) mass is 268 g/mol. The van der Waals surface area contributed by atoms with Crippen LogP contribution in [0, 0.1) is 12.3 Å². The van der Waals surface area contributed by atoms with Gasteiger partial charge >= 0.3 is 0 Å². The minimum atomic E-state index is -3.37. The molecule has 18 heavy (non-hydrogen) atoms. The summed E-state index contributed by atoms with van der Waals surface area (Å²) in [6, 6.07) is 6.82. The number of nitrogen functional groups attached to an aromatic ring is 1. The molecule has 2 N–H and O–H groups in total. The van der Waals surface area contributed by atoms with Gasteiger partial charge in [-0.2, -0.15) is 4.31 Å². The summed E-state index contributed by atoms with van der Waals surface area (Å²) < 4.78 is 29.8. The van der Waals surface area contributed by atoms with Gasteiger partial charge in [-0.05, 0) is 12.1 Å². The van der Waals surface area contributed by atoms with E-state index in [2.05, 4.69) is 5.92 Å². The van der Waals surface area contributed by atoms with Crippen LogP contribution in [0.2, 0.25) is 0 Å². The Morgan fingerprint density at radius 2 is 2.22 bits per heavy atom. The van der Waals surface area contributed by atoms with E-state index in [-0.39, 0.29) is 18.9 Å². The van der Waals surface area contributed by atoms with Crippen LogP contribution < -0.4 is 10.5 Å². The van der Waals surface area contributed by atoms with Crippen molar-refractivity contribution >= 4 is 15.7 Å². The van der Waals surface area contributed by atoms with E-state index in [1.54, 1.807) is 24.3 Å². The fraction of sp³-hybridized carbons (Fsp3) is 0.333. The Balaban J connectivity index is 2.49. The van der Waals surface area contributed by atoms with Crippen LogP contribution in [0.15, 0.2) is 24.3 Å². The van der Waals surface area contributed by atoms with E-state index >= 15 is 0 Å². The maximum Gasteiger partial charge on any atom is 0.218 e. The molecule has 0 saturated carbocycles. The molecule has 0 spiro atoms. The number of rotatable bonds is 6. The Kier molecular flexibility index (Phi) is 5.01. The molecule has 0 unspecified atom stereocenters. The molecular weight excluding hydrogens is 252 g/mol. The molecule has 0 saturated heterocycles. The molecule has 98 valence electrons. The van der Waals surface area contributed by atoms with Gasteiger partial charge in [-0.25, -0.2) is 8.42 Å². The van der Waals surface area contributed by atoms with Gasteiger partial charge in [0.1, 0.15) is 12.4 Å². The molecule has 1 aromatic rings. The van der Waals surface area contributed by atoms with Crippen molar-refractivity contribution in [3.8, 4) is 18.1 Å². The van der Waals surface area contributed by atoms with Crippen molar-refractivity contribution in [1.29, 1.82) is 0 Å². The third-order valence-electron chi connectivity index (χ3n) is 2.26. The van der Waals surface area contributed by atoms with Gasteiger partial charge in [-0.3, -0.25) is 0 Å². The molecule has 0 bridgehead atoms. The first-order valence-corrected chi connectivity index (χ1v) is 6.92. The normalized spacial score (nSPS) is 11.2. The molecular formula is C12H16N2O3S. The predicted molar refractivity (Wildman–Crippen MR) is 71.6 cm³/mol. The Bertz CT molecular complexity index is 534. The van der Waals surface area contributed by atoms with Gasteiger partial charge in [-0.15, -0.1) is 6.42 Å². The zero-order chi connectivity index (χ0) is 13.6. The fourth-order valence-corrected chi connectivity index (χ4v) is 2.13. The SMILES string of the molecule is C#CCN(C)S(=O)(=O)CCOc1cccc(N)c1. The van der Waals surface area contributed by atoms with Gasteiger partial charge in [0, 0.05) is 18.8 Å². The third kappa shape index (κ3) is 4.28. The molecule has 0 amide bonds. The Morgan fingerprint density at radius 3 is 2.83 bits per heavy atom. The second-order valence-electron chi connectivity index (χ2n) is 3.70. The van der Waals surface area contributed by atoms with Gasteiger partial charge in [0.15, 0.2) is 0 Å². The lowest BCUT2D eigenvalue weighted by Crippen LogP contribution is -2.31. The van der Waals surface area contributed by atoms with Crippen LogP contribution in [-0.4, -0.2) is 38.7 Å². The smallest absolute Gasteiger partial charge is 0.218 e. The predicted octanol–water partition coefficient (Wildman–Crippen LogP) is 0.542. The van der Waals surface area contributed by atoms with Gasteiger partial charge in [0.25, 0.3) is 0 Å². The molecule has 0 radical (unpaired) electrons. The summed E-state index contributed by atoms with van der Waals surface area (Å²) in [7, 11) is -1.93. The van der Waals surface area contributed by atoms with Crippen LogP contribution in [0.25, 0.3) is 0 Å². The van der Waals surface area contributed by atoms with Crippen LogP contribution >= 0.6 is 0 Å². The van der Waals surface area contributed by atoms with E-state index in [9.17, 15) is 8.42 Å². The summed E-state index contributed by atoms with van der Waals surface area (Å²) in [5, 5.41) is 0. The average molecular weight is 268 g/mol. The van der Waals surface area contributed by atoms with Crippen LogP contribution in [0.5, 0.6) is 5.75 Å². The third-order valence-corrected chi connectivity index (χ3v) is 4.02. The van der Waals surface area contributed by atoms with Crippen LogP contribution in [-0.2, 0) is 10.0 Å². The van der Waals surface area contributed by atoms with Gasteiger partial charge < -0.3 is 10.5 Å². The highest BCUT2D eigenvalue weighted by molar-refractivity contribution is 7.89. The molecule has 6 heteroatoms. The van der Waals surface area contributed by atoms with Crippen molar-refractivity contribution in [3.05, 3.63) is 24.3 Å². The lowest BCUT2D eigenvalue weighted by Gasteiger charge is -2.14. The first-order chi connectivity index (χ1) is 8.45. The van der Waals surface area contributed by atoms with E-state index in [0.29, 0.717) is 11.4 Å². The second-order valence-corrected chi connectivity index (χ2v) is 5.89. The van der Waals surface area contributed by atoms with Crippen molar-refractivity contribution in [2.75, 3.05) is 31.7 Å². The van der Waals surface area contributed by atoms with Crippen LogP contribution in [0.4, 0.5) is 5.69 Å².